The van der Waals surface area contributed by atoms with Crippen molar-refractivity contribution in [1.82, 2.24) is 0 Å². The van der Waals surface area contributed by atoms with Gasteiger partial charge in [-0.3, -0.25) is 4.79 Å². The monoisotopic (exact) mass is 225 g/mol. The van der Waals surface area contributed by atoms with Crippen LogP contribution in [0, 0.1) is 5.92 Å². The average molecular weight is 225 g/mol. The van der Waals surface area contributed by atoms with Gasteiger partial charge in [-0.1, -0.05) is 42.8 Å². The van der Waals surface area contributed by atoms with Gasteiger partial charge in [-0.05, 0) is 24.3 Å². The van der Waals surface area contributed by atoms with Crippen molar-refractivity contribution >= 4 is 22.4 Å². The lowest BCUT2D eigenvalue weighted by atomic mass is 9.85. The molecular weight excluding hydrogens is 210 g/mol. The molecule has 0 aromatic heterocycles. The summed E-state index contributed by atoms with van der Waals surface area (Å²) in [5, 5.41) is 5.33. The fourth-order valence-corrected chi connectivity index (χ4v) is 2.24. The van der Waals surface area contributed by atoms with E-state index in [1.165, 1.54) is 11.8 Å². The van der Waals surface area contributed by atoms with Crippen LogP contribution in [-0.2, 0) is 4.79 Å². The quantitative estimate of drug-likeness (QED) is 0.831. The molecule has 2 aromatic carbocycles. The maximum Gasteiger partial charge on any atom is 0.227 e. The average Bonchev–Trinajstić information content (AvgIpc) is 2.27. The number of carbonyl (C=O) groups excluding carboxylic acids is 1. The highest BCUT2D eigenvalue weighted by atomic mass is 16.1. The van der Waals surface area contributed by atoms with Crippen LogP contribution in [0.15, 0.2) is 42.5 Å². The summed E-state index contributed by atoms with van der Waals surface area (Å²) in [6, 6.07) is 14.1. The maximum absolute atomic E-state index is 11.9. The molecule has 0 spiro atoms. The Labute approximate surface area is 101 Å². The number of hydrogen-bond donors (Lipinski definition) is 1. The zero-order chi connectivity index (χ0) is 11.7. The van der Waals surface area contributed by atoms with Gasteiger partial charge in [0.25, 0.3) is 0 Å². The van der Waals surface area contributed by atoms with Crippen LogP contribution in [0.4, 0.5) is 5.69 Å². The first-order chi connectivity index (χ1) is 8.34. The Bertz CT molecular complexity index is 552. The largest absolute Gasteiger partial charge is 0.325 e. The van der Waals surface area contributed by atoms with Gasteiger partial charge in [0, 0.05) is 17.0 Å². The van der Waals surface area contributed by atoms with Crippen molar-refractivity contribution in [3.8, 4) is 0 Å². The molecule has 2 heteroatoms. The van der Waals surface area contributed by atoms with E-state index in [9.17, 15) is 4.79 Å². The van der Waals surface area contributed by atoms with Crippen molar-refractivity contribution < 1.29 is 4.79 Å². The number of benzene rings is 2. The molecule has 17 heavy (non-hydrogen) atoms. The molecule has 1 fully saturated rings. The minimum Gasteiger partial charge on any atom is -0.325 e. The molecule has 0 heterocycles. The van der Waals surface area contributed by atoms with Gasteiger partial charge in [0.2, 0.25) is 5.91 Å². The maximum atomic E-state index is 11.9. The summed E-state index contributed by atoms with van der Waals surface area (Å²) >= 11 is 0. The lowest BCUT2D eigenvalue weighted by Crippen LogP contribution is -2.28. The Balaban J connectivity index is 1.91. The lowest BCUT2D eigenvalue weighted by Gasteiger charge is -2.24. The van der Waals surface area contributed by atoms with Crippen LogP contribution >= 0.6 is 0 Å². The Morgan fingerprint density at radius 2 is 1.82 bits per heavy atom. The van der Waals surface area contributed by atoms with Crippen molar-refractivity contribution in [2.24, 2.45) is 5.92 Å². The predicted molar refractivity (Wildman–Crippen MR) is 69.9 cm³/mol. The molecule has 0 aliphatic heterocycles. The van der Waals surface area contributed by atoms with Crippen molar-refractivity contribution in [3.05, 3.63) is 42.5 Å². The van der Waals surface area contributed by atoms with Crippen molar-refractivity contribution in [2.45, 2.75) is 19.3 Å². The number of rotatable bonds is 2. The molecule has 1 aliphatic rings. The second-order valence-corrected chi connectivity index (χ2v) is 4.64. The molecule has 1 saturated carbocycles. The van der Waals surface area contributed by atoms with Crippen molar-refractivity contribution in [2.75, 3.05) is 5.32 Å². The smallest absolute Gasteiger partial charge is 0.227 e. The third kappa shape index (κ3) is 1.91. The van der Waals surface area contributed by atoms with Gasteiger partial charge in [0.15, 0.2) is 0 Å². The Kier molecular flexibility index (Phi) is 2.56. The summed E-state index contributed by atoms with van der Waals surface area (Å²) in [4.78, 5) is 11.9. The van der Waals surface area contributed by atoms with Crippen LogP contribution in [0.5, 0.6) is 0 Å². The first-order valence-electron chi connectivity index (χ1n) is 6.13. The first-order valence-corrected chi connectivity index (χ1v) is 6.13. The lowest BCUT2D eigenvalue weighted by molar-refractivity contribution is -0.122. The summed E-state index contributed by atoms with van der Waals surface area (Å²) in [6.07, 6.45) is 3.26. The van der Waals surface area contributed by atoms with Crippen LogP contribution in [0.25, 0.3) is 10.8 Å². The van der Waals surface area contributed by atoms with E-state index < -0.39 is 0 Å². The normalized spacial score (nSPS) is 15.5. The van der Waals surface area contributed by atoms with Gasteiger partial charge in [0.05, 0.1) is 0 Å². The Morgan fingerprint density at radius 1 is 1.06 bits per heavy atom. The van der Waals surface area contributed by atoms with Crippen LogP contribution in [0.2, 0.25) is 0 Å². The number of anilines is 1. The van der Waals surface area contributed by atoms with Crippen LogP contribution in [-0.4, -0.2) is 5.91 Å². The fraction of sp³-hybridized carbons (Fsp3) is 0.267. The molecular formula is C15H15NO. The van der Waals surface area contributed by atoms with E-state index in [-0.39, 0.29) is 11.8 Å². The van der Waals surface area contributed by atoms with Gasteiger partial charge in [-0.25, -0.2) is 0 Å². The number of carbonyl (C=O) groups is 1. The molecule has 0 unspecified atom stereocenters. The summed E-state index contributed by atoms with van der Waals surface area (Å²) in [5.74, 6) is 0.404. The second-order valence-electron chi connectivity index (χ2n) is 4.64. The predicted octanol–water partition coefficient (Wildman–Crippen LogP) is 3.58. The third-order valence-corrected chi connectivity index (χ3v) is 3.52. The number of hydrogen-bond acceptors (Lipinski definition) is 1. The number of nitrogens with one attached hydrogen (secondary N) is 1. The van der Waals surface area contributed by atoms with Crippen LogP contribution in [0.1, 0.15) is 19.3 Å². The molecule has 0 atom stereocenters. The SMILES string of the molecule is O=C(Nc1cccc2ccccc12)C1CCC1. The first kappa shape index (κ1) is 10.3. The van der Waals surface area contributed by atoms with Gasteiger partial charge in [-0.2, -0.15) is 0 Å². The van der Waals surface area contributed by atoms with Gasteiger partial charge in [0.1, 0.15) is 0 Å². The van der Waals surface area contributed by atoms with E-state index in [0.29, 0.717) is 0 Å². The highest BCUT2D eigenvalue weighted by Gasteiger charge is 2.25. The minimum atomic E-state index is 0.174. The zero-order valence-electron chi connectivity index (χ0n) is 9.65. The number of fused-ring (bicyclic) bond motifs is 1. The minimum absolute atomic E-state index is 0.174. The standard InChI is InChI=1S/C15H15NO/c17-15(12-7-3-8-12)16-14-10-4-6-11-5-1-2-9-13(11)14/h1-2,4-6,9-10,12H,3,7-8H2,(H,16,17). The molecule has 2 aromatic rings. The Hall–Kier alpha value is -1.83. The highest BCUT2D eigenvalue weighted by molar-refractivity contribution is 6.02. The molecule has 1 amide bonds. The zero-order valence-corrected chi connectivity index (χ0v) is 9.65. The molecule has 0 bridgehead atoms. The van der Waals surface area contributed by atoms with Gasteiger partial charge >= 0.3 is 0 Å². The van der Waals surface area contributed by atoms with E-state index >= 15 is 0 Å². The number of amides is 1. The van der Waals surface area contributed by atoms with E-state index in [1.807, 2.05) is 30.3 Å². The molecule has 2 nitrogen and oxygen atoms in total. The van der Waals surface area contributed by atoms with Crippen LogP contribution < -0.4 is 5.32 Å². The molecule has 0 saturated heterocycles. The Morgan fingerprint density at radius 3 is 2.59 bits per heavy atom. The highest BCUT2D eigenvalue weighted by Crippen LogP contribution is 2.29. The van der Waals surface area contributed by atoms with Crippen molar-refractivity contribution in [1.29, 1.82) is 0 Å². The summed E-state index contributed by atoms with van der Waals surface area (Å²) in [5.41, 5.74) is 0.931. The summed E-state index contributed by atoms with van der Waals surface area (Å²) in [7, 11) is 0. The van der Waals surface area contributed by atoms with Crippen LogP contribution in [0.3, 0.4) is 0 Å². The third-order valence-electron chi connectivity index (χ3n) is 3.52. The summed E-state index contributed by atoms with van der Waals surface area (Å²) < 4.78 is 0. The van der Waals surface area contributed by atoms with E-state index in [0.717, 1.165) is 23.9 Å². The van der Waals surface area contributed by atoms with E-state index in [1.54, 1.807) is 0 Å². The molecule has 86 valence electrons. The van der Waals surface area contributed by atoms with E-state index in [4.69, 9.17) is 0 Å². The molecule has 1 N–H and O–H groups in total. The second kappa shape index (κ2) is 4.21. The van der Waals surface area contributed by atoms with Gasteiger partial charge < -0.3 is 5.32 Å². The topological polar surface area (TPSA) is 29.1 Å². The molecule has 3 rings (SSSR count). The summed E-state index contributed by atoms with van der Waals surface area (Å²) in [6.45, 7) is 0. The molecule has 0 radical (unpaired) electrons. The fourth-order valence-electron chi connectivity index (χ4n) is 2.24. The van der Waals surface area contributed by atoms with E-state index in [2.05, 4.69) is 17.4 Å². The van der Waals surface area contributed by atoms with Crippen molar-refractivity contribution in [3.63, 3.8) is 0 Å². The molecule has 1 aliphatic carbocycles. The van der Waals surface area contributed by atoms with Gasteiger partial charge in [-0.15, -0.1) is 0 Å².